The third-order valence-corrected chi connectivity index (χ3v) is 7.24. The average molecular weight is 502 g/mol. The molecule has 37 heavy (non-hydrogen) atoms. The van der Waals surface area contributed by atoms with Gasteiger partial charge in [0.25, 0.3) is 0 Å². The number of halogens is 1. The average Bonchev–Trinajstić information content (AvgIpc) is 2.88. The molecule has 0 saturated heterocycles. The summed E-state index contributed by atoms with van der Waals surface area (Å²) >= 11 is 0. The Balaban J connectivity index is 1.61. The van der Waals surface area contributed by atoms with Crippen LogP contribution in [0.3, 0.4) is 0 Å². The number of hydrogen-bond acceptors (Lipinski definition) is 5. The molecule has 6 heteroatoms. The molecule has 0 amide bonds. The van der Waals surface area contributed by atoms with Gasteiger partial charge in [-0.1, -0.05) is 24.3 Å². The van der Waals surface area contributed by atoms with Gasteiger partial charge in [-0.25, -0.2) is 4.39 Å². The van der Waals surface area contributed by atoms with Crippen LogP contribution >= 0.6 is 0 Å². The highest BCUT2D eigenvalue weighted by Crippen LogP contribution is 2.47. The van der Waals surface area contributed by atoms with Crippen LogP contribution in [-0.4, -0.2) is 18.2 Å². The standard InChI is InChI=1S/C31H32FNO4/c1-3-7-20-16-21(17-27(36-4-2)31(20)37-18-19-12-14-22(32)15-13-19)28-29-23(8-5-10-25(29)34)33-24-9-6-11-26(35)30(24)28/h3,12-17,28,33H,1,4-11,18H2,2H3. The van der Waals surface area contributed by atoms with Crippen molar-refractivity contribution in [3.8, 4) is 11.5 Å². The van der Waals surface area contributed by atoms with E-state index in [4.69, 9.17) is 9.47 Å². The molecule has 2 aromatic carbocycles. The minimum Gasteiger partial charge on any atom is -0.490 e. The number of hydrogen-bond donors (Lipinski definition) is 1. The Morgan fingerprint density at radius 1 is 0.973 bits per heavy atom. The zero-order valence-electron chi connectivity index (χ0n) is 21.2. The molecule has 0 bridgehead atoms. The largest absolute Gasteiger partial charge is 0.490 e. The van der Waals surface area contributed by atoms with Crippen molar-refractivity contribution >= 4 is 11.6 Å². The van der Waals surface area contributed by atoms with Crippen LogP contribution in [0.25, 0.3) is 0 Å². The highest BCUT2D eigenvalue weighted by molar-refractivity contribution is 6.06. The lowest BCUT2D eigenvalue weighted by Crippen LogP contribution is -2.36. The topological polar surface area (TPSA) is 64.6 Å². The van der Waals surface area contributed by atoms with E-state index in [1.54, 1.807) is 18.2 Å². The number of carbonyl (C=O) groups excluding carboxylic acids is 2. The quantitative estimate of drug-likeness (QED) is 0.434. The van der Waals surface area contributed by atoms with Gasteiger partial charge in [0.15, 0.2) is 23.1 Å². The number of ketones is 2. The van der Waals surface area contributed by atoms with E-state index in [0.717, 1.165) is 53.8 Å². The number of carbonyl (C=O) groups is 2. The van der Waals surface area contributed by atoms with E-state index in [1.165, 1.54) is 12.1 Å². The normalized spacial score (nSPS) is 17.8. The summed E-state index contributed by atoms with van der Waals surface area (Å²) in [4.78, 5) is 26.5. The summed E-state index contributed by atoms with van der Waals surface area (Å²) < 4.78 is 25.6. The lowest BCUT2D eigenvalue weighted by molar-refractivity contribution is -0.117. The summed E-state index contributed by atoms with van der Waals surface area (Å²) in [5.41, 5.74) is 5.90. The summed E-state index contributed by atoms with van der Waals surface area (Å²) in [5, 5.41) is 3.47. The molecule has 5 nitrogen and oxygen atoms in total. The van der Waals surface area contributed by atoms with E-state index in [1.807, 2.05) is 19.1 Å². The number of nitrogens with one attached hydrogen (secondary N) is 1. The molecule has 5 rings (SSSR count). The maximum Gasteiger partial charge on any atom is 0.165 e. The molecule has 1 N–H and O–H groups in total. The van der Waals surface area contributed by atoms with Crippen molar-refractivity contribution in [3.63, 3.8) is 0 Å². The lowest BCUT2D eigenvalue weighted by Gasteiger charge is -2.37. The predicted octanol–water partition coefficient (Wildman–Crippen LogP) is 6.23. The number of Topliss-reactive ketones (excluding diaryl/α,β-unsaturated/α-hetero) is 2. The summed E-state index contributed by atoms with van der Waals surface area (Å²) in [6, 6.07) is 10.2. The molecule has 0 saturated carbocycles. The summed E-state index contributed by atoms with van der Waals surface area (Å²) in [6.45, 7) is 6.51. The molecule has 0 atom stereocenters. The minimum atomic E-state index is -0.416. The highest BCUT2D eigenvalue weighted by Gasteiger charge is 2.40. The van der Waals surface area contributed by atoms with E-state index >= 15 is 0 Å². The van der Waals surface area contributed by atoms with Crippen molar-refractivity contribution in [3.05, 3.63) is 94.1 Å². The maximum absolute atomic E-state index is 13.4. The number of rotatable bonds is 8. The molecule has 2 aliphatic carbocycles. The zero-order valence-corrected chi connectivity index (χ0v) is 21.2. The van der Waals surface area contributed by atoms with E-state index in [9.17, 15) is 14.0 Å². The Hall–Kier alpha value is -3.67. The first kappa shape index (κ1) is 25.0. The Morgan fingerprint density at radius 3 is 2.22 bits per heavy atom. The van der Waals surface area contributed by atoms with Crippen molar-refractivity contribution in [1.82, 2.24) is 5.32 Å². The lowest BCUT2D eigenvalue weighted by atomic mass is 9.71. The molecule has 1 heterocycles. The van der Waals surface area contributed by atoms with Crippen molar-refractivity contribution in [2.75, 3.05) is 6.61 Å². The van der Waals surface area contributed by atoms with Gasteiger partial charge in [-0.2, -0.15) is 0 Å². The van der Waals surface area contributed by atoms with Gasteiger partial charge in [0.05, 0.1) is 6.61 Å². The van der Waals surface area contributed by atoms with Gasteiger partial charge in [0.1, 0.15) is 12.4 Å². The van der Waals surface area contributed by atoms with Gasteiger partial charge < -0.3 is 14.8 Å². The molecule has 1 aliphatic heterocycles. The summed E-state index contributed by atoms with van der Waals surface area (Å²) in [7, 11) is 0. The first-order valence-corrected chi connectivity index (χ1v) is 13.1. The second-order valence-electron chi connectivity index (χ2n) is 9.74. The Morgan fingerprint density at radius 2 is 1.62 bits per heavy atom. The molecular formula is C31H32FNO4. The molecule has 3 aliphatic rings. The van der Waals surface area contributed by atoms with Crippen molar-refractivity contribution in [2.24, 2.45) is 0 Å². The number of ether oxygens (including phenoxy) is 2. The maximum atomic E-state index is 13.4. The van der Waals surface area contributed by atoms with Crippen LogP contribution in [-0.2, 0) is 22.6 Å². The van der Waals surface area contributed by atoms with Crippen molar-refractivity contribution in [1.29, 1.82) is 0 Å². The summed E-state index contributed by atoms with van der Waals surface area (Å²) in [5.74, 6) is 0.646. The van der Waals surface area contributed by atoms with Crippen LogP contribution in [0.2, 0.25) is 0 Å². The zero-order chi connectivity index (χ0) is 25.9. The van der Waals surface area contributed by atoms with Crippen LogP contribution in [0, 0.1) is 5.82 Å². The molecule has 0 spiro atoms. The van der Waals surface area contributed by atoms with Gasteiger partial charge in [-0.15, -0.1) is 6.58 Å². The van der Waals surface area contributed by atoms with Gasteiger partial charge in [-0.05, 0) is 68.4 Å². The second kappa shape index (κ2) is 10.8. The van der Waals surface area contributed by atoms with Crippen molar-refractivity contribution in [2.45, 2.75) is 64.4 Å². The monoisotopic (exact) mass is 501 g/mol. The first-order valence-electron chi connectivity index (χ1n) is 13.1. The van der Waals surface area contributed by atoms with Crippen molar-refractivity contribution < 1.29 is 23.5 Å². The predicted molar refractivity (Wildman–Crippen MR) is 140 cm³/mol. The van der Waals surface area contributed by atoms with Crippen LogP contribution in [0.1, 0.15) is 68.1 Å². The molecule has 0 unspecified atom stereocenters. The van der Waals surface area contributed by atoms with Crippen LogP contribution < -0.4 is 14.8 Å². The van der Waals surface area contributed by atoms with Crippen LogP contribution in [0.5, 0.6) is 11.5 Å². The van der Waals surface area contributed by atoms with E-state index in [-0.39, 0.29) is 24.0 Å². The molecule has 0 radical (unpaired) electrons. The van der Waals surface area contributed by atoms with Gasteiger partial charge in [0, 0.05) is 46.9 Å². The fraction of sp³-hybridized carbons (Fsp3) is 0.355. The van der Waals surface area contributed by atoms with E-state index in [2.05, 4.69) is 11.9 Å². The third-order valence-electron chi connectivity index (χ3n) is 7.24. The summed E-state index contributed by atoms with van der Waals surface area (Å²) in [6.07, 6.45) is 6.55. The Bertz CT molecular complexity index is 1260. The molecule has 0 aromatic heterocycles. The van der Waals surface area contributed by atoms with Gasteiger partial charge >= 0.3 is 0 Å². The SMILES string of the molecule is C=CCc1cc(C2C3=C(CCCC3=O)NC3=C2C(=O)CCC3)cc(OCC)c1OCc1ccc(F)cc1. The second-order valence-corrected chi connectivity index (χ2v) is 9.74. The van der Waals surface area contributed by atoms with E-state index in [0.29, 0.717) is 48.5 Å². The van der Waals surface area contributed by atoms with Crippen LogP contribution in [0.4, 0.5) is 4.39 Å². The Kier molecular flexibility index (Phi) is 7.26. The third kappa shape index (κ3) is 4.97. The van der Waals surface area contributed by atoms with Gasteiger partial charge in [-0.3, -0.25) is 9.59 Å². The molecular weight excluding hydrogens is 469 g/mol. The van der Waals surface area contributed by atoms with Crippen LogP contribution in [0.15, 0.2) is 71.6 Å². The number of dihydropyridines is 1. The fourth-order valence-electron chi connectivity index (χ4n) is 5.64. The fourth-order valence-corrected chi connectivity index (χ4v) is 5.64. The minimum absolute atomic E-state index is 0.101. The number of allylic oxidation sites excluding steroid dienone is 5. The van der Waals surface area contributed by atoms with E-state index < -0.39 is 5.92 Å². The number of benzene rings is 2. The highest BCUT2D eigenvalue weighted by atomic mass is 19.1. The van der Waals surface area contributed by atoms with Gasteiger partial charge in [0.2, 0.25) is 0 Å². The molecule has 2 aromatic rings. The first-order chi connectivity index (χ1) is 18.0. The smallest absolute Gasteiger partial charge is 0.165 e. The molecule has 0 fully saturated rings. The Labute approximate surface area is 217 Å². The molecule has 192 valence electrons.